The third-order valence-electron chi connectivity index (χ3n) is 3.03. The zero-order valence-electron chi connectivity index (χ0n) is 11.2. The number of rotatable bonds is 4. The van der Waals surface area contributed by atoms with Gasteiger partial charge in [0.25, 0.3) is 0 Å². The Hall–Kier alpha value is -1.20. The minimum atomic E-state index is -0.131. The first-order valence-electron chi connectivity index (χ1n) is 6.14. The van der Waals surface area contributed by atoms with E-state index in [0.29, 0.717) is 11.7 Å². The van der Waals surface area contributed by atoms with Gasteiger partial charge >= 0.3 is 0 Å². The van der Waals surface area contributed by atoms with Crippen molar-refractivity contribution in [3.8, 4) is 5.75 Å². The van der Waals surface area contributed by atoms with E-state index < -0.39 is 0 Å². The van der Waals surface area contributed by atoms with Gasteiger partial charge in [-0.1, -0.05) is 11.6 Å². The Morgan fingerprint density at radius 2 is 2.00 bits per heavy atom. The molecule has 0 spiro atoms. The number of thiocarbonyl (C=S) groups is 1. The number of aryl methyl sites for hydroxylation is 2. The van der Waals surface area contributed by atoms with Crippen molar-refractivity contribution in [3.05, 3.63) is 28.3 Å². The van der Waals surface area contributed by atoms with E-state index in [0.717, 1.165) is 28.4 Å². The van der Waals surface area contributed by atoms with Crippen molar-refractivity contribution in [1.29, 1.82) is 0 Å². The molecule has 0 fully saturated rings. The second kappa shape index (κ2) is 5.84. The summed E-state index contributed by atoms with van der Waals surface area (Å²) >= 11 is 11.2. The number of halogens is 1. The van der Waals surface area contributed by atoms with Gasteiger partial charge in [-0.2, -0.15) is 5.11 Å². The van der Waals surface area contributed by atoms with Crippen LogP contribution in [-0.2, 0) is 0 Å². The summed E-state index contributed by atoms with van der Waals surface area (Å²) in [7, 11) is 0. The van der Waals surface area contributed by atoms with E-state index in [4.69, 9.17) is 28.6 Å². The molecule has 102 valence electrons. The molecule has 1 atom stereocenters. The Morgan fingerprint density at radius 1 is 1.37 bits per heavy atom. The molecule has 1 aromatic rings. The molecule has 1 aromatic carbocycles. The highest BCUT2D eigenvalue weighted by atomic mass is 35.5. The molecule has 4 nitrogen and oxygen atoms in total. The van der Waals surface area contributed by atoms with Gasteiger partial charge in [0, 0.05) is 11.6 Å². The van der Waals surface area contributed by atoms with Crippen molar-refractivity contribution in [3.63, 3.8) is 0 Å². The predicted octanol–water partition coefficient (Wildman–Crippen LogP) is 3.73. The highest BCUT2D eigenvalue weighted by Crippen LogP contribution is 2.26. The fraction of sp³-hybridized carbons (Fsp3) is 0.462. The summed E-state index contributed by atoms with van der Waals surface area (Å²) in [5.41, 5.74) is 2.01. The van der Waals surface area contributed by atoms with Crippen LogP contribution in [-0.4, -0.2) is 29.3 Å². The lowest BCUT2D eigenvalue weighted by atomic mass is 10.1. The molecule has 1 unspecified atom stereocenters. The van der Waals surface area contributed by atoms with Crippen LogP contribution in [0.15, 0.2) is 22.4 Å². The van der Waals surface area contributed by atoms with Crippen molar-refractivity contribution in [2.75, 3.05) is 13.2 Å². The zero-order valence-corrected chi connectivity index (χ0v) is 12.8. The molecule has 0 N–H and O–H groups in total. The molecule has 0 radical (unpaired) electrons. The van der Waals surface area contributed by atoms with Gasteiger partial charge in [0.05, 0.1) is 0 Å². The predicted molar refractivity (Wildman–Crippen MR) is 80.0 cm³/mol. The molecule has 0 saturated heterocycles. The summed E-state index contributed by atoms with van der Waals surface area (Å²) in [5.74, 6) is 0.795. The maximum absolute atomic E-state index is 6.13. The SMILES string of the molecule is CCN1C(=S)N=NC1COc1cc(C)c(Cl)c(C)c1. The van der Waals surface area contributed by atoms with Crippen LogP contribution in [0.2, 0.25) is 5.02 Å². The van der Waals surface area contributed by atoms with Gasteiger partial charge in [-0.15, -0.1) is 5.11 Å². The van der Waals surface area contributed by atoms with E-state index in [1.54, 1.807) is 0 Å². The number of nitrogens with zero attached hydrogens (tertiary/aromatic N) is 3. The summed E-state index contributed by atoms with van der Waals surface area (Å²) in [4.78, 5) is 1.94. The second-order valence-electron chi connectivity index (χ2n) is 4.45. The molecule has 19 heavy (non-hydrogen) atoms. The first kappa shape index (κ1) is 14.2. The lowest BCUT2D eigenvalue weighted by molar-refractivity contribution is 0.215. The quantitative estimate of drug-likeness (QED) is 0.795. The number of ether oxygens (including phenoxy) is 1. The largest absolute Gasteiger partial charge is 0.489 e. The molecule has 1 aliphatic rings. The van der Waals surface area contributed by atoms with Gasteiger partial charge in [0.1, 0.15) is 12.4 Å². The highest BCUT2D eigenvalue weighted by Gasteiger charge is 2.25. The summed E-state index contributed by atoms with van der Waals surface area (Å²) < 4.78 is 5.77. The maximum atomic E-state index is 6.13. The van der Waals surface area contributed by atoms with Crippen molar-refractivity contribution >= 4 is 28.9 Å². The number of hydrogen-bond donors (Lipinski definition) is 0. The monoisotopic (exact) mass is 297 g/mol. The minimum Gasteiger partial charge on any atom is -0.489 e. The first-order valence-corrected chi connectivity index (χ1v) is 6.92. The number of azo groups is 1. The highest BCUT2D eigenvalue weighted by molar-refractivity contribution is 7.80. The Kier molecular flexibility index (Phi) is 4.37. The Morgan fingerprint density at radius 3 is 2.58 bits per heavy atom. The van der Waals surface area contributed by atoms with Gasteiger partial charge in [-0.25, -0.2) is 0 Å². The smallest absolute Gasteiger partial charge is 0.217 e. The van der Waals surface area contributed by atoms with Crippen molar-refractivity contribution in [2.45, 2.75) is 26.9 Å². The normalized spacial score (nSPS) is 18.2. The third kappa shape index (κ3) is 3.04. The van der Waals surface area contributed by atoms with Crippen molar-refractivity contribution in [1.82, 2.24) is 4.90 Å². The van der Waals surface area contributed by atoms with E-state index in [2.05, 4.69) is 10.2 Å². The van der Waals surface area contributed by atoms with Crippen molar-refractivity contribution in [2.24, 2.45) is 10.2 Å². The van der Waals surface area contributed by atoms with Gasteiger partial charge < -0.3 is 9.64 Å². The van der Waals surface area contributed by atoms with Crippen LogP contribution in [0.5, 0.6) is 5.75 Å². The molecule has 1 aliphatic heterocycles. The van der Waals surface area contributed by atoms with Gasteiger partial charge in [0.15, 0.2) is 6.17 Å². The Bertz CT molecular complexity index is 510. The molecule has 6 heteroatoms. The van der Waals surface area contributed by atoms with Crippen LogP contribution in [0, 0.1) is 13.8 Å². The number of hydrogen-bond acceptors (Lipinski definition) is 3. The molecule has 0 aromatic heterocycles. The molecule has 0 saturated carbocycles. The Balaban J connectivity index is 2.03. The average Bonchev–Trinajstić information content (AvgIpc) is 2.73. The molecule has 0 aliphatic carbocycles. The fourth-order valence-corrected chi connectivity index (χ4v) is 2.40. The van der Waals surface area contributed by atoms with Crippen LogP contribution >= 0.6 is 23.8 Å². The standard InChI is InChI=1S/C13H16ClN3OS/c1-4-17-11(15-16-13(17)19)7-18-10-5-8(2)12(14)9(3)6-10/h5-6,11H,4,7H2,1-3H3. The van der Waals surface area contributed by atoms with Gasteiger partial charge in [-0.3, -0.25) is 0 Å². The average molecular weight is 298 g/mol. The molecular weight excluding hydrogens is 282 g/mol. The van der Waals surface area contributed by atoms with Crippen LogP contribution < -0.4 is 4.74 Å². The zero-order chi connectivity index (χ0) is 14.0. The van der Waals surface area contributed by atoms with Crippen LogP contribution in [0.4, 0.5) is 0 Å². The van der Waals surface area contributed by atoms with Crippen LogP contribution in [0.3, 0.4) is 0 Å². The summed E-state index contributed by atoms with van der Waals surface area (Å²) in [6, 6.07) is 3.85. The molecule has 0 bridgehead atoms. The van der Waals surface area contributed by atoms with Gasteiger partial charge in [-0.05, 0) is 56.2 Å². The first-order chi connectivity index (χ1) is 9.02. The molecule has 1 heterocycles. The van der Waals surface area contributed by atoms with E-state index in [-0.39, 0.29) is 6.17 Å². The maximum Gasteiger partial charge on any atom is 0.217 e. The third-order valence-corrected chi connectivity index (χ3v) is 3.94. The second-order valence-corrected chi connectivity index (χ2v) is 5.19. The summed E-state index contributed by atoms with van der Waals surface area (Å²) in [6.07, 6.45) is -0.131. The topological polar surface area (TPSA) is 37.2 Å². The van der Waals surface area contributed by atoms with Crippen LogP contribution in [0.1, 0.15) is 18.1 Å². The van der Waals surface area contributed by atoms with E-state index >= 15 is 0 Å². The van der Waals surface area contributed by atoms with Crippen molar-refractivity contribution < 1.29 is 4.74 Å². The van der Waals surface area contributed by atoms with E-state index in [1.165, 1.54) is 0 Å². The van der Waals surface area contributed by atoms with E-state index in [9.17, 15) is 0 Å². The van der Waals surface area contributed by atoms with Gasteiger partial charge in [0.2, 0.25) is 5.11 Å². The summed E-state index contributed by atoms with van der Waals surface area (Å²) in [5, 5.41) is 9.33. The van der Waals surface area contributed by atoms with E-state index in [1.807, 2.05) is 37.8 Å². The number of benzene rings is 1. The lowest BCUT2D eigenvalue weighted by Crippen LogP contribution is -2.36. The Labute approximate surface area is 123 Å². The number of likely N-dealkylation sites (N-methyl/N-ethyl adjacent to an activating group) is 1. The molecule has 2 rings (SSSR count). The molecule has 0 amide bonds. The molecular formula is C13H16ClN3OS. The lowest BCUT2D eigenvalue weighted by Gasteiger charge is -2.21. The minimum absolute atomic E-state index is 0.131. The van der Waals surface area contributed by atoms with Crippen LogP contribution in [0.25, 0.3) is 0 Å². The summed E-state index contributed by atoms with van der Waals surface area (Å²) in [6.45, 7) is 7.15. The fourth-order valence-electron chi connectivity index (χ4n) is 1.99.